The van der Waals surface area contributed by atoms with Crippen LogP contribution in [0.4, 0.5) is 0 Å². The van der Waals surface area contributed by atoms with Crippen molar-refractivity contribution in [2.24, 2.45) is 0 Å². The molecular formula is C12H14O2. The Balaban J connectivity index is 3.54. The van der Waals surface area contributed by atoms with Crippen LogP contribution < -0.4 is 0 Å². The lowest BCUT2D eigenvalue weighted by Gasteiger charge is -2.11. The number of rotatable bonds is 2. The highest BCUT2D eigenvalue weighted by Crippen LogP contribution is 2.21. The van der Waals surface area contributed by atoms with E-state index in [-0.39, 0.29) is 0 Å². The monoisotopic (exact) mass is 190 g/mol. The van der Waals surface area contributed by atoms with Gasteiger partial charge in [-0.05, 0) is 49.9 Å². The van der Waals surface area contributed by atoms with Crippen molar-refractivity contribution in [1.29, 1.82) is 0 Å². The molecule has 0 saturated heterocycles. The van der Waals surface area contributed by atoms with Crippen LogP contribution in [0.2, 0.25) is 0 Å². The van der Waals surface area contributed by atoms with Crippen molar-refractivity contribution in [2.45, 2.75) is 27.7 Å². The Hall–Kier alpha value is -1.44. The second-order valence-corrected chi connectivity index (χ2v) is 3.62. The summed E-state index contributed by atoms with van der Waals surface area (Å²) in [5.74, 6) is -0.424. The Morgan fingerprint density at radius 1 is 1.07 bits per heavy atom. The van der Waals surface area contributed by atoms with E-state index in [0.29, 0.717) is 11.8 Å². The van der Waals surface area contributed by atoms with Gasteiger partial charge in [0.1, 0.15) is 0 Å². The highest BCUT2D eigenvalue weighted by atomic mass is 16.2. The molecule has 0 unspecified atom stereocenters. The van der Waals surface area contributed by atoms with Gasteiger partial charge in [0.05, 0.1) is 0 Å². The molecule has 0 heterocycles. The van der Waals surface area contributed by atoms with E-state index in [1.807, 2.05) is 33.8 Å². The predicted molar refractivity (Wildman–Crippen MR) is 55.8 cm³/mol. The number of Topliss-reactive ketones (excluding diaryl/α,β-unsaturated/α-hetero) is 1. The summed E-state index contributed by atoms with van der Waals surface area (Å²) in [5, 5.41) is 0. The molecule has 0 aromatic heterocycles. The third kappa shape index (κ3) is 1.60. The van der Waals surface area contributed by atoms with Gasteiger partial charge < -0.3 is 0 Å². The maximum atomic E-state index is 11.4. The Morgan fingerprint density at radius 2 is 1.50 bits per heavy atom. The van der Waals surface area contributed by atoms with Crippen molar-refractivity contribution in [3.8, 4) is 0 Å². The SMILES string of the molecule is Cc1cc(C)c(C)c(C(=O)C=O)c1C. The first-order valence-corrected chi connectivity index (χ1v) is 4.56. The Bertz CT molecular complexity index is 377. The lowest BCUT2D eigenvalue weighted by atomic mass is 9.92. The molecule has 0 radical (unpaired) electrons. The molecule has 0 bridgehead atoms. The summed E-state index contributed by atoms with van der Waals surface area (Å²) in [6.07, 6.45) is 0.383. The maximum absolute atomic E-state index is 11.4. The number of ketones is 1. The van der Waals surface area contributed by atoms with Crippen LogP contribution in [0.5, 0.6) is 0 Å². The van der Waals surface area contributed by atoms with Crippen LogP contribution in [0.25, 0.3) is 0 Å². The van der Waals surface area contributed by atoms with Gasteiger partial charge in [-0.2, -0.15) is 0 Å². The van der Waals surface area contributed by atoms with Gasteiger partial charge in [-0.1, -0.05) is 6.07 Å². The first kappa shape index (κ1) is 10.6. The summed E-state index contributed by atoms with van der Waals surface area (Å²) in [7, 11) is 0. The standard InChI is InChI=1S/C12H14O2/c1-7-5-8(2)10(4)12(9(7)3)11(14)6-13/h5-6H,1-4H3. The van der Waals surface area contributed by atoms with Crippen LogP contribution in [0.1, 0.15) is 32.6 Å². The van der Waals surface area contributed by atoms with Crippen molar-refractivity contribution < 1.29 is 9.59 Å². The van der Waals surface area contributed by atoms with Gasteiger partial charge in [-0.25, -0.2) is 0 Å². The summed E-state index contributed by atoms with van der Waals surface area (Å²) in [4.78, 5) is 21.9. The van der Waals surface area contributed by atoms with Crippen LogP contribution in [-0.2, 0) is 4.79 Å². The van der Waals surface area contributed by atoms with E-state index in [0.717, 1.165) is 22.3 Å². The highest BCUT2D eigenvalue weighted by Gasteiger charge is 2.14. The zero-order valence-electron chi connectivity index (χ0n) is 8.97. The lowest BCUT2D eigenvalue weighted by Crippen LogP contribution is -2.08. The minimum absolute atomic E-state index is 0.383. The quantitative estimate of drug-likeness (QED) is 0.407. The van der Waals surface area contributed by atoms with Crippen LogP contribution in [-0.4, -0.2) is 12.1 Å². The zero-order chi connectivity index (χ0) is 10.9. The second-order valence-electron chi connectivity index (χ2n) is 3.62. The molecule has 2 heteroatoms. The maximum Gasteiger partial charge on any atom is 0.225 e. The number of carbonyl (C=O) groups is 2. The minimum Gasteiger partial charge on any atom is -0.294 e. The molecule has 1 aromatic rings. The molecule has 0 aliphatic carbocycles. The van der Waals surface area contributed by atoms with Gasteiger partial charge in [-0.15, -0.1) is 0 Å². The smallest absolute Gasteiger partial charge is 0.225 e. The minimum atomic E-state index is -0.424. The number of carbonyl (C=O) groups excluding carboxylic acids is 2. The van der Waals surface area contributed by atoms with Gasteiger partial charge in [0.15, 0.2) is 6.29 Å². The van der Waals surface area contributed by atoms with Crippen molar-refractivity contribution in [3.05, 3.63) is 33.9 Å². The van der Waals surface area contributed by atoms with Crippen molar-refractivity contribution in [1.82, 2.24) is 0 Å². The van der Waals surface area contributed by atoms with E-state index in [2.05, 4.69) is 0 Å². The van der Waals surface area contributed by atoms with E-state index < -0.39 is 5.78 Å². The molecule has 0 spiro atoms. The van der Waals surface area contributed by atoms with Crippen molar-refractivity contribution in [3.63, 3.8) is 0 Å². The van der Waals surface area contributed by atoms with Gasteiger partial charge in [0, 0.05) is 5.56 Å². The first-order chi connectivity index (χ1) is 6.49. The molecule has 0 aliphatic heterocycles. The Kier molecular flexibility index (Phi) is 2.84. The summed E-state index contributed by atoms with van der Waals surface area (Å²) in [6, 6.07) is 2.03. The fourth-order valence-electron chi connectivity index (χ4n) is 1.65. The fourth-order valence-corrected chi connectivity index (χ4v) is 1.65. The highest BCUT2D eigenvalue weighted by molar-refractivity contribution is 6.34. The van der Waals surface area contributed by atoms with E-state index >= 15 is 0 Å². The molecular weight excluding hydrogens is 176 g/mol. The molecule has 0 amide bonds. The van der Waals surface area contributed by atoms with Gasteiger partial charge in [0.25, 0.3) is 0 Å². The third-order valence-corrected chi connectivity index (χ3v) is 2.72. The molecule has 0 aliphatic rings. The van der Waals surface area contributed by atoms with Crippen LogP contribution in [0.15, 0.2) is 6.07 Å². The van der Waals surface area contributed by atoms with Crippen LogP contribution in [0, 0.1) is 27.7 Å². The number of aryl methyl sites for hydroxylation is 2. The van der Waals surface area contributed by atoms with Crippen molar-refractivity contribution in [2.75, 3.05) is 0 Å². The number of aldehydes is 1. The Morgan fingerprint density at radius 3 is 1.86 bits per heavy atom. The summed E-state index contributed by atoms with van der Waals surface area (Å²) >= 11 is 0. The van der Waals surface area contributed by atoms with Gasteiger partial charge >= 0.3 is 0 Å². The number of hydrogen-bond acceptors (Lipinski definition) is 2. The van der Waals surface area contributed by atoms with E-state index in [4.69, 9.17) is 0 Å². The number of benzene rings is 1. The topological polar surface area (TPSA) is 34.1 Å². The first-order valence-electron chi connectivity index (χ1n) is 4.56. The molecule has 1 aromatic carbocycles. The molecule has 0 fully saturated rings. The normalized spacial score (nSPS) is 10.0. The summed E-state index contributed by atoms with van der Waals surface area (Å²) in [5.41, 5.74) is 4.49. The molecule has 14 heavy (non-hydrogen) atoms. The summed E-state index contributed by atoms with van der Waals surface area (Å²) in [6.45, 7) is 7.64. The average Bonchev–Trinajstić information content (AvgIpc) is 2.15. The second kappa shape index (κ2) is 3.74. The van der Waals surface area contributed by atoms with Gasteiger partial charge in [0.2, 0.25) is 5.78 Å². The predicted octanol–water partition coefficient (Wildman–Crippen LogP) is 2.30. The van der Waals surface area contributed by atoms with Crippen LogP contribution in [0.3, 0.4) is 0 Å². The van der Waals surface area contributed by atoms with Crippen molar-refractivity contribution >= 4 is 12.1 Å². The molecule has 0 N–H and O–H groups in total. The third-order valence-electron chi connectivity index (χ3n) is 2.72. The molecule has 2 nitrogen and oxygen atoms in total. The fraction of sp³-hybridized carbons (Fsp3) is 0.333. The van der Waals surface area contributed by atoms with E-state index in [9.17, 15) is 9.59 Å². The van der Waals surface area contributed by atoms with E-state index in [1.54, 1.807) is 0 Å². The number of hydrogen-bond donors (Lipinski definition) is 0. The zero-order valence-corrected chi connectivity index (χ0v) is 8.97. The van der Waals surface area contributed by atoms with Crippen LogP contribution >= 0.6 is 0 Å². The molecule has 1 rings (SSSR count). The Labute approximate surface area is 83.9 Å². The largest absolute Gasteiger partial charge is 0.294 e. The molecule has 0 atom stereocenters. The molecule has 0 saturated carbocycles. The molecule has 74 valence electrons. The van der Waals surface area contributed by atoms with Gasteiger partial charge in [-0.3, -0.25) is 9.59 Å². The average molecular weight is 190 g/mol. The van der Waals surface area contributed by atoms with E-state index in [1.165, 1.54) is 0 Å². The summed E-state index contributed by atoms with van der Waals surface area (Å²) < 4.78 is 0. The lowest BCUT2D eigenvalue weighted by molar-refractivity contribution is -0.104.